The van der Waals surface area contributed by atoms with Crippen LogP contribution in [0.1, 0.15) is 5.56 Å². The van der Waals surface area contributed by atoms with Gasteiger partial charge in [-0.05, 0) is 22.9 Å². The average molecular weight is 231 g/mol. The average Bonchev–Trinajstić information content (AvgIpc) is 2.46. The molecule has 3 aromatic carbocycles. The maximum Gasteiger partial charge on any atom is 0.0629 e. The SMILES string of the molecule is C(=N\c1ccccc1)/c1cccc2ccccc12. The molecule has 0 aliphatic heterocycles. The minimum absolute atomic E-state index is 0.977. The molecule has 1 nitrogen and oxygen atoms in total. The summed E-state index contributed by atoms with van der Waals surface area (Å²) in [7, 11) is 0. The Labute approximate surface area is 106 Å². The molecule has 0 aliphatic carbocycles. The Hall–Kier alpha value is -2.41. The van der Waals surface area contributed by atoms with Crippen molar-refractivity contribution in [1.82, 2.24) is 0 Å². The first-order valence-corrected chi connectivity index (χ1v) is 6.00. The molecule has 3 aromatic rings. The number of hydrogen-bond acceptors (Lipinski definition) is 1. The highest BCUT2D eigenvalue weighted by molar-refractivity contribution is 6.00. The summed E-state index contributed by atoms with van der Waals surface area (Å²) in [6, 6.07) is 24.6. The van der Waals surface area contributed by atoms with E-state index in [9.17, 15) is 0 Å². The summed E-state index contributed by atoms with van der Waals surface area (Å²) in [6.07, 6.45) is 1.93. The van der Waals surface area contributed by atoms with Crippen LogP contribution in [-0.2, 0) is 0 Å². The highest BCUT2D eigenvalue weighted by atomic mass is 14.7. The lowest BCUT2D eigenvalue weighted by Crippen LogP contribution is -1.83. The van der Waals surface area contributed by atoms with E-state index in [1.54, 1.807) is 0 Å². The van der Waals surface area contributed by atoms with Crippen molar-refractivity contribution in [3.63, 3.8) is 0 Å². The molecule has 0 radical (unpaired) electrons. The Kier molecular flexibility index (Phi) is 2.89. The van der Waals surface area contributed by atoms with E-state index in [2.05, 4.69) is 47.5 Å². The number of fused-ring (bicyclic) bond motifs is 1. The van der Waals surface area contributed by atoms with E-state index in [1.165, 1.54) is 10.8 Å². The van der Waals surface area contributed by atoms with E-state index in [0.29, 0.717) is 0 Å². The van der Waals surface area contributed by atoms with E-state index >= 15 is 0 Å². The highest BCUT2D eigenvalue weighted by Crippen LogP contribution is 2.18. The van der Waals surface area contributed by atoms with Crippen molar-refractivity contribution in [3.8, 4) is 0 Å². The molecule has 0 saturated heterocycles. The molecule has 0 unspecified atom stereocenters. The Morgan fingerprint density at radius 3 is 2.28 bits per heavy atom. The predicted octanol–water partition coefficient (Wildman–Crippen LogP) is 4.59. The molecule has 0 N–H and O–H groups in total. The second-order valence-corrected chi connectivity index (χ2v) is 4.16. The summed E-state index contributed by atoms with van der Waals surface area (Å²) in [5.74, 6) is 0. The maximum absolute atomic E-state index is 4.50. The molecule has 1 heteroatoms. The highest BCUT2D eigenvalue weighted by Gasteiger charge is 1.96. The molecule has 0 saturated carbocycles. The van der Waals surface area contributed by atoms with Crippen LogP contribution in [0.3, 0.4) is 0 Å². The lowest BCUT2D eigenvalue weighted by molar-refractivity contribution is 1.53. The van der Waals surface area contributed by atoms with Crippen molar-refractivity contribution >= 4 is 22.7 Å². The van der Waals surface area contributed by atoms with Crippen LogP contribution in [0.5, 0.6) is 0 Å². The molecule has 0 atom stereocenters. The summed E-state index contributed by atoms with van der Waals surface area (Å²) in [6.45, 7) is 0. The van der Waals surface area contributed by atoms with Crippen LogP contribution in [0.15, 0.2) is 77.8 Å². The molecule has 0 heterocycles. The fourth-order valence-corrected chi connectivity index (χ4v) is 2.02. The number of hydrogen-bond donors (Lipinski definition) is 0. The Bertz CT molecular complexity index is 679. The fourth-order valence-electron chi connectivity index (χ4n) is 2.02. The Morgan fingerprint density at radius 1 is 0.667 bits per heavy atom. The van der Waals surface area contributed by atoms with Crippen molar-refractivity contribution in [3.05, 3.63) is 78.4 Å². The zero-order chi connectivity index (χ0) is 12.2. The quantitative estimate of drug-likeness (QED) is 0.572. The number of nitrogens with zero attached hydrogens (tertiary/aromatic N) is 1. The summed E-state index contributed by atoms with van der Waals surface area (Å²) in [5, 5.41) is 2.48. The zero-order valence-corrected chi connectivity index (χ0v) is 9.95. The summed E-state index contributed by atoms with van der Waals surface area (Å²) >= 11 is 0. The molecule has 86 valence electrons. The van der Waals surface area contributed by atoms with Gasteiger partial charge in [-0.25, -0.2) is 0 Å². The van der Waals surface area contributed by atoms with Gasteiger partial charge in [-0.3, -0.25) is 4.99 Å². The molecule has 3 rings (SSSR count). The van der Waals surface area contributed by atoms with Crippen molar-refractivity contribution < 1.29 is 0 Å². The molecular formula is C17H13N. The lowest BCUT2D eigenvalue weighted by atomic mass is 10.1. The smallest absolute Gasteiger partial charge is 0.0629 e. The first-order chi connectivity index (χ1) is 8.93. The standard InChI is InChI=1S/C17H13N/c1-2-10-16(11-3-1)18-13-15-9-6-8-14-7-4-5-12-17(14)15/h1-13H/b18-13+. The molecule has 0 fully saturated rings. The second-order valence-electron chi connectivity index (χ2n) is 4.16. The van der Waals surface area contributed by atoms with Gasteiger partial charge in [0.05, 0.1) is 5.69 Å². The Morgan fingerprint density at radius 2 is 1.39 bits per heavy atom. The van der Waals surface area contributed by atoms with Crippen LogP contribution in [0.2, 0.25) is 0 Å². The molecule has 0 spiro atoms. The van der Waals surface area contributed by atoms with Gasteiger partial charge in [-0.2, -0.15) is 0 Å². The number of benzene rings is 3. The van der Waals surface area contributed by atoms with Crippen LogP contribution in [0.25, 0.3) is 10.8 Å². The van der Waals surface area contributed by atoms with Crippen molar-refractivity contribution in [2.24, 2.45) is 4.99 Å². The molecule has 0 amide bonds. The largest absolute Gasteiger partial charge is 0.256 e. The van der Waals surface area contributed by atoms with Crippen molar-refractivity contribution in [1.29, 1.82) is 0 Å². The topological polar surface area (TPSA) is 12.4 Å². The van der Waals surface area contributed by atoms with Gasteiger partial charge in [0.25, 0.3) is 0 Å². The van der Waals surface area contributed by atoms with Crippen LogP contribution >= 0.6 is 0 Å². The van der Waals surface area contributed by atoms with Crippen LogP contribution in [-0.4, -0.2) is 6.21 Å². The van der Waals surface area contributed by atoms with Crippen molar-refractivity contribution in [2.75, 3.05) is 0 Å². The third-order valence-electron chi connectivity index (χ3n) is 2.93. The van der Waals surface area contributed by atoms with Crippen LogP contribution < -0.4 is 0 Å². The molecule has 0 aromatic heterocycles. The second kappa shape index (κ2) is 4.84. The minimum atomic E-state index is 0.977. The van der Waals surface area contributed by atoms with E-state index in [1.807, 2.05) is 36.5 Å². The molecule has 0 bridgehead atoms. The normalized spacial score (nSPS) is 11.1. The van der Waals surface area contributed by atoms with Gasteiger partial charge in [-0.15, -0.1) is 0 Å². The van der Waals surface area contributed by atoms with Gasteiger partial charge < -0.3 is 0 Å². The number of rotatable bonds is 2. The maximum atomic E-state index is 4.50. The van der Waals surface area contributed by atoms with Gasteiger partial charge in [-0.1, -0.05) is 60.7 Å². The summed E-state index contributed by atoms with van der Waals surface area (Å²) < 4.78 is 0. The van der Waals surface area contributed by atoms with E-state index < -0.39 is 0 Å². The van der Waals surface area contributed by atoms with E-state index in [4.69, 9.17) is 0 Å². The fraction of sp³-hybridized carbons (Fsp3) is 0. The lowest BCUT2D eigenvalue weighted by Gasteiger charge is -2.01. The van der Waals surface area contributed by atoms with E-state index in [-0.39, 0.29) is 0 Å². The minimum Gasteiger partial charge on any atom is -0.256 e. The third-order valence-corrected chi connectivity index (χ3v) is 2.93. The van der Waals surface area contributed by atoms with Gasteiger partial charge >= 0.3 is 0 Å². The van der Waals surface area contributed by atoms with E-state index in [0.717, 1.165) is 11.3 Å². The molecule has 0 aliphatic rings. The predicted molar refractivity (Wildman–Crippen MR) is 77.6 cm³/mol. The first-order valence-electron chi connectivity index (χ1n) is 6.00. The third kappa shape index (κ3) is 2.16. The van der Waals surface area contributed by atoms with Gasteiger partial charge in [0.1, 0.15) is 0 Å². The monoisotopic (exact) mass is 231 g/mol. The van der Waals surface area contributed by atoms with Crippen LogP contribution in [0.4, 0.5) is 5.69 Å². The number of para-hydroxylation sites is 1. The number of aliphatic imine (C=N–C) groups is 1. The van der Waals surface area contributed by atoms with Crippen LogP contribution in [0, 0.1) is 0 Å². The van der Waals surface area contributed by atoms with Crippen molar-refractivity contribution in [2.45, 2.75) is 0 Å². The molecule has 18 heavy (non-hydrogen) atoms. The molecular weight excluding hydrogens is 218 g/mol. The van der Waals surface area contributed by atoms with Gasteiger partial charge in [0, 0.05) is 11.8 Å². The summed E-state index contributed by atoms with van der Waals surface area (Å²) in [4.78, 5) is 4.50. The first kappa shape index (κ1) is 10.7. The zero-order valence-electron chi connectivity index (χ0n) is 9.95. The van der Waals surface area contributed by atoms with Gasteiger partial charge in [0.15, 0.2) is 0 Å². The Balaban J connectivity index is 2.03. The van der Waals surface area contributed by atoms with Gasteiger partial charge in [0.2, 0.25) is 0 Å². The summed E-state index contributed by atoms with van der Waals surface area (Å²) in [5.41, 5.74) is 2.13.